The fourth-order valence-electron chi connectivity index (χ4n) is 1.84. The number of halogens is 1. The van der Waals surface area contributed by atoms with Gasteiger partial charge in [-0.15, -0.1) is 0 Å². The van der Waals surface area contributed by atoms with Crippen molar-refractivity contribution in [3.05, 3.63) is 29.8 Å². The standard InChI is InChI=1S/C13H16FN3O/c1-13(2,3)12(18)17-11(4-5-16-17)9-6-10(14)8-15-7-9/h5-8,11H,4H2,1-3H3. The molecule has 0 aromatic carbocycles. The molecule has 96 valence electrons. The summed E-state index contributed by atoms with van der Waals surface area (Å²) in [4.78, 5) is 16.0. The van der Waals surface area contributed by atoms with E-state index in [2.05, 4.69) is 10.1 Å². The van der Waals surface area contributed by atoms with E-state index in [0.29, 0.717) is 12.0 Å². The Morgan fingerprint density at radius 2 is 2.17 bits per heavy atom. The van der Waals surface area contributed by atoms with Gasteiger partial charge in [0.1, 0.15) is 5.82 Å². The van der Waals surface area contributed by atoms with E-state index < -0.39 is 11.2 Å². The first-order valence-corrected chi connectivity index (χ1v) is 5.86. The first-order valence-electron chi connectivity index (χ1n) is 5.86. The molecule has 0 N–H and O–H groups in total. The Labute approximate surface area is 106 Å². The molecule has 1 unspecified atom stereocenters. The largest absolute Gasteiger partial charge is 0.272 e. The van der Waals surface area contributed by atoms with Gasteiger partial charge in [-0.3, -0.25) is 9.78 Å². The molecule has 2 heterocycles. The lowest BCUT2D eigenvalue weighted by Crippen LogP contribution is -2.36. The van der Waals surface area contributed by atoms with Crippen LogP contribution in [0.4, 0.5) is 4.39 Å². The Bertz CT molecular complexity index is 493. The SMILES string of the molecule is CC(C)(C)C(=O)N1N=CCC1c1cncc(F)c1. The maximum Gasteiger partial charge on any atom is 0.248 e. The first kappa shape index (κ1) is 12.7. The van der Waals surface area contributed by atoms with Crippen LogP contribution in [0.25, 0.3) is 0 Å². The first-order chi connectivity index (χ1) is 8.39. The molecular formula is C13H16FN3O. The lowest BCUT2D eigenvalue weighted by Gasteiger charge is -2.28. The van der Waals surface area contributed by atoms with E-state index in [0.717, 1.165) is 6.20 Å². The highest BCUT2D eigenvalue weighted by atomic mass is 19.1. The second-order valence-electron chi connectivity index (χ2n) is 5.39. The van der Waals surface area contributed by atoms with E-state index in [1.54, 1.807) is 12.4 Å². The fourth-order valence-corrected chi connectivity index (χ4v) is 1.84. The molecule has 1 aromatic rings. The maximum absolute atomic E-state index is 13.2. The number of nitrogens with zero attached hydrogens (tertiary/aromatic N) is 3. The lowest BCUT2D eigenvalue weighted by atomic mass is 9.94. The van der Waals surface area contributed by atoms with Crippen molar-refractivity contribution in [1.82, 2.24) is 9.99 Å². The smallest absolute Gasteiger partial charge is 0.248 e. The highest BCUT2D eigenvalue weighted by Gasteiger charge is 2.35. The topological polar surface area (TPSA) is 45.6 Å². The predicted octanol–water partition coefficient (Wildman–Crippen LogP) is 2.53. The highest BCUT2D eigenvalue weighted by Crippen LogP contribution is 2.32. The third-order valence-corrected chi connectivity index (χ3v) is 2.79. The minimum absolute atomic E-state index is 0.0782. The van der Waals surface area contributed by atoms with Crippen molar-refractivity contribution in [2.24, 2.45) is 10.5 Å². The van der Waals surface area contributed by atoms with Crippen molar-refractivity contribution in [2.75, 3.05) is 0 Å². The molecule has 5 heteroatoms. The number of aromatic nitrogens is 1. The van der Waals surface area contributed by atoms with Gasteiger partial charge < -0.3 is 0 Å². The zero-order chi connectivity index (χ0) is 13.3. The molecule has 4 nitrogen and oxygen atoms in total. The maximum atomic E-state index is 13.2. The van der Waals surface area contributed by atoms with E-state index in [9.17, 15) is 9.18 Å². The second kappa shape index (κ2) is 4.48. The van der Waals surface area contributed by atoms with Crippen LogP contribution in [0.1, 0.15) is 38.8 Å². The third-order valence-electron chi connectivity index (χ3n) is 2.79. The Hall–Kier alpha value is -1.78. The Morgan fingerprint density at radius 3 is 2.78 bits per heavy atom. The summed E-state index contributed by atoms with van der Waals surface area (Å²) >= 11 is 0. The molecule has 0 radical (unpaired) electrons. The molecule has 1 amide bonds. The van der Waals surface area contributed by atoms with Crippen molar-refractivity contribution in [2.45, 2.75) is 33.2 Å². The van der Waals surface area contributed by atoms with E-state index in [1.165, 1.54) is 11.1 Å². The van der Waals surface area contributed by atoms with Crippen molar-refractivity contribution < 1.29 is 9.18 Å². The molecule has 0 spiro atoms. The van der Waals surface area contributed by atoms with Gasteiger partial charge in [-0.1, -0.05) is 20.8 Å². The molecule has 0 saturated heterocycles. The number of rotatable bonds is 1. The van der Waals surface area contributed by atoms with Crippen LogP contribution in [0.3, 0.4) is 0 Å². The molecular weight excluding hydrogens is 233 g/mol. The monoisotopic (exact) mass is 249 g/mol. The zero-order valence-electron chi connectivity index (χ0n) is 10.7. The molecule has 1 aliphatic rings. The highest BCUT2D eigenvalue weighted by molar-refractivity contribution is 5.84. The number of hydrazone groups is 1. The van der Waals surface area contributed by atoms with Crippen LogP contribution in [-0.2, 0) is 4.79 Å². The Kier molecular flexibility index (Phi) is 3.15. The number of hydrogen-bond donors (Lipinski definition) is 0. The second-order valence-corrected chi connectivity index (χ2v) is 5.39. The minimum Gasteiger partial charge on any atom is -0.272 e. The van der Waals surface area contributed by atoms with E-state index in [1.807, 2.05) is 20.8 Å². The molecule has 0 fully saturated rings. The van der Waals surface area contributed by atoms with Gasteiger partial charge >= 0.3 is 0 Å². The Balaban J connectivity index is 2.27. The molecule has 1 atom stereocenters. The minimum atomic E-state index is -0.513. The van der Waals surface area contributed by atoms with Gasteiger partial charge in [0.2, 0.25) is 5.91 Å². The summed E-state index contributed by atoms with van der Waals surface area (Å²) < 4.78 is 13.2. The van der Waals surface area contributed by atoms with Crippen LogP contribution in [0.2, 0.25) is 0 Å². The van der Waals surface area contributed by atoms with Crippen molar-refractivity contribution in [1.29, 1.82) is 0 Å². The van der Waals surface area contributed by atoms with Gasteiger partial charge in [0.05, 0.1) is 12.2 Å². The van der Waals surface area contributed by atoms with Crippen LogP contribution in [0, 0.1) is 11.2 Å². The van der Waals surface area contributed by atoms with Gasteiger partial charge in [-0.25, -0.2) is 9.40 Å². The molecule has 0 saturated carbocycles. The summed E-state index contributed by atoms with van der Waals surface area (Å²) in [6.07, 6.45) is 4.99. The predicted molar refractivity (Wildman–Crippen MR) is 66.3 cm³/mol. The fraction of sp³-hybridized carbons (Fsp3) is 0.462. The molecule has 1 aliphatic heterocycles. The van der Waals surface area contributed by atoms with Gasteiger partial charge in [-0.05, 0) is 11.6 Å². The van der Waals surface area contributed by atoms with E-state index in [4.69, 9.17) is 0 Å². The van der Waals surface area contributed by atoms with Gasteiger partial charge in [-0.2, -0.15) is 5.10 Å². The summed E-state index contributed by atoms with van der Waals surface area (Å²) in [6.45, 7) is 5.51. The van der Waals surface area contributed by atoms with Gasteiger partial charge in [0.25, 0.3) is 0 Å². The van der Waals surface area contributed by atoms with E-state index >= 15 is 0 Å². The van der Waals surface area contributed by atoms with Crippen molar-refractivity contribution >= 4 is 12.1 Å². The number of carbonyl (C=O) groups is 1. The average Bonchev–Trinajstić information content (AvgIpc) is 2.75. The van der Waals surface area contributed by atoms with Crippen LogP contribution in [0.5, 0.6) is 0 Å². The van der Waals surface area contributed by atoms with Crippen molar-refractivity contribution in [3.8, 4) is 0 Å². The molecule has 0 bridgehead atoms. The molecule has 2 rings (SSSR count). The normalized spacial score (nSPS) is 19.3. The van der Waals surface area contributed by atoms with Crippen LogP contribution in [0.15, 0.2) is 23.6 Å². The molecule has 1 aromatic heterocycles. The number of amides is 1. The van der Waals surface area contributed by atoms with Crippen LogP contribution >= 0.6 is 0 Å². The summed E-state index contributed by atoms with van der Waals surface area (Å²) in [7, 11) is 0. The lowest BCUT2D eigenvalue weighted by molar-refractivity contribution is -0.141. The Morgan fingerprint density at radius 1 is 1.44 bits per heavy atom. The van der Waals surface area contributed by atoms with Crippen molar-refractivity contribution in [3.63, 3.8) is 0 Å². The number of carbonyl (C=O) groups excluding carboxylic acids is 1. The quantitative estimate of drug-likeness (QED) is 0.767. The van der Waals surface area contributed by atoms with Gasteiger partial charge in [0.15, 0.2) is 0 Å². The summed E-state index contributed by atoms with van der Waals surface area (Å²) in [5.74, 6) is -0.479. The summed E-state index contributed by atoms with van der Waals surface area (Å²) in [5, 5.41) is 5.53. The number of hydrogen-bond acceptors (Lipinski definition) is 3. The third kappa shape index (κ3) is 2.39. The van der Waals surface area contributed by atoms with Crippen LogP contribution < -0.4 is 0 Å². The molecule has 0 aliphatic carbocycles. The van der Waals surface area contributed by atoms with Gasteiger partial charge in [0, 0.05) is 24.2 Å². The molecule has 18 heavy (non-hydrogen) atoms. The average molecular weight is 249 g/mol. The zero-order valence-corrected chi connectivity index (χ0v) is 10.7. The van der Waals surface area contributed by atoms with Crippen LogP contribution in [-0.4, -0.2) is 22.1 Å². The summed E-state index contributed by atoms with van der Waals surface area (Å²) in [6, 6.07) is 1.15. The summed E-state index contributed by atoms with van der Waals surface area (Å²) in [5.41, 5.74) is 0.158. The number of pyridine rings is 1. The van der Waals surface area contributed by atoms with E-state index in [-0.39, 0.29) is 11.9 Å².